The highest BCUT2D eigenvalue weighted by Gasteiger charge is 2.10. The number of nitro benzene ring substituents is 1. The van der Waals surface area contributed by atoms with E-state index in [4.69, 9.17) is 4.74 Å². The Morgan fingerprint density at radius 3 is 2.59 bits per heavy atom. The average Bonchev–Trinajstić information content (AvgIpc) is 2.82. The molecule has 0 fully saturated rings. The second-order valence-corrected chi connectivity index (χ2v) is 7.95. The van der Waals surface area contributed by atoms with Gasteiger partial charge in [0, 0.05) is 12.1 Å². The summed E-state index contributed by atoms with van der Waals surface area (Å²) < 4.78 is 6.79. The fraction of sp³-hybridized carbons (Fsp3) is 0.0385. The average molecular weight is 485 g/mol. The van der Waals surface area contributed by atoms with Gasteiger partial charge in [0.2, 0.25) is 0 Å². The third-order valence-corrected chi connectivity index (χ3v) is 5.64. The molecule has 32 heavy (non-hydrogen) atoms. The van der Waals surface area contributed by atoms with Crippen LogP contribution in [0.1, 0.15) is 16.7 Å². The monoisotopic (exact) mass is 484 g/mol. The molecule has 0 aliphatic rings. The van der Waals surface area contributed by atoms with E-state index < -0.39 is 4.92 Å². The Balaban J connectivity index is 1.56. The molecule has 0 saturated carbocycles. The van der Waals surface area contributed by atoms with Gasteiger partial charge in [-0.3, -0.25) is 10.1 Å². The van der Waals surface area contributed by atoms with Gasteiger partial charge in [0.1, 0.15) is 12.4 Å². The Bertz CT molecular complexity index is 1380. The second-order valence-electron chi connectivity index (χ2n) is 7.09. The first-order valence-corrected chi connectivity index (χ1v) is 10.6. The van der Waals surface area contributed by atoms with Gasteiger partial charge in [0.25, 0.3) is 5.69 Å². The van der Waals surface area contributed by atoms with E-state index in [1.165, 1.54) is 17.5 Å². The maximum absolute atomic E-state index is 11.0. The minimum Gasteiger partial charge on any atom is -0.488 e. The number of benzene rings is 4. The predicted octanol–water partition coefficient (Wildman–Crippen LogP) is 7.15. The number of halogens is 1. The van der Waals surface area contributed by atoms with Gasteiger partial charge in [0.15, 0.2) is 0 Å². The molecule has 0 atom stereocenters. The van der Waals surface area contributed by atoms with Crippen molar-refractivity contribution in [1.29, 1.82) is 5.26 Å². The molecule has 0 amide bonds. The van der Waals surface area contributed by atoms with Crippen LogP contribution in [0.5, 0.6) is 5.75 Å². The number of fused-ring (bicyclic) bond motifs is 1. The van der Waals surface area contributed by atoms with E-state index in [0.29, 0.717) is 23.5 Å². The summed E-state index contributed by atoms with van der Waals surface area (Å²) in [6.07, 6.45) is 1.69. The Labute approximate surface area is 193 Å². The molecule has 0 aromatic heterocycles. The Morgan fingerprint density at radius 1 is 1.03 bits per heavy atom. The van der Waals surface area contributed by atoms with E-state index >= 15 is 0 Å². The van der Waals surface area contributed by atoms with E-state index in [9.17, 15) is 15.4 Å². The smallest absolute Gasteiger partial charge is 0.270 e. The molecule has 4 rings (SSSR count). The van der Waals surface area contributed by atoms with E-state index in [-0.39, 0.29) is 5.69 Å². The van der Waals surface area contributed by atoms with Gasteiger partial charge in [-0.15, -0.1) is 0 Å². The van der Waals surface area contributed by atoms with Crippen molar-refractivity contribution in [3.05, 3.63) is 116 Å². The quantitative estimate of drug-likeness (QED) is 0.126. The Morgan fingerprint density at radius 2 is 1.81 bits per heavy atom. The van der Waals surface area contributed by atoms with Crippen LogP contribution in [-0.4, -0.2) is 4.92 Å². The molecule has 0 aliphatic carbocycles. The summed E-state index contributed by atoms with van der Waals surface area (Å²) in [7, 11) is 0. The number of rotatable bonds is 6. The largest absolute Gasteiger partial charge is 0.488 e. The molecule has 4 aromatic rings. The molecule has 156 valence electrons. The highest BCUT2D eigenvalue weighted by Crippen LogP contribution is 2.30. The second kappa shape index (κ2) is 9.46. The molecule has 0 unspecified atom stereocenters. The Kier molecular flexibility index (Phi) is 6.29. The lowest BCUT2D eigenvalue weighted by atomic mass is 10.0. The summed E-state index contributed by atoms with van der Waals surface area (Å²) in [4.78, 5) is 10.5. The number of non-ortho nitro benzene ring substituents is 1. The first-order valence-electron chi connectivity index (χ1n) is 9.81. The molecule has 0 saturated heterocycles. The molecular weight excluding hydrogens is 468 g/mol. The molecule has 0 N–H and O–H groups in total. The molecular formula is C26H17BrN2O3. The first-order chi connectivity index (χ1) is 15.5. The molecule has 0 radical (unpaired) electrons. The molecule has 0 aliphatic heterocycles. The van der Waals surface area contributed by atoms with Gasteiger partial charge in [-0.1, -0.05) is 60.7 Å². The molecule has 0 heterocycles. The zero-order chi connectivity index (χ0) is 22.5. The van der Waals surface area contributed by atoms with E-state index in [1.54, 1.807) is 18.2 Å². The number of nitriles is 1. The normalized spacial score (nSPS) is 11.2. The maximum Gasteiger partial charge on any atom is 0.270 e. The lowest BCUT2D eigenvalue weighted by Gasteiger charge is -2.11. The summed E-state index contributed by atoms with van der Waals surface area (Å²) in [5, 5.41) is 22.9. The van der Waals surface area contributed by atoms with Crippen LogP contribution in [0.15, 0.2) is 89.4 Å². The number of nitro groups is 1. The summed E-state index contributed by atoms with van der Waals surface area (Å²) in [5.41, 5.74) is 2.65. The van der Waals surface area contributed by atoms with Crippen molar-refractivity contribution in [1.82, 2.24) is 0 Å². The number of ether oxygens (including phenoxy) is 1. The first kappa shape index (κ1) is 21.3. The minimum absolute atomic E-state index is 0.0537. The Hall–Kier alpha value is -3.95. The number of allylic oxidation sites excluding steroid dienone is 1. The van der Waals surface area contributed by atoms with E-state index in [0.717, 1.165) is 21.0 Å². The van der Waals surface area contributed by atoms with Gasteiger partial charge < -0.3 is 4.74 Å². The van der Waals surface area contributed by atoms with Crippen LogP contribution < -0.4 is 4.74 Å². The molecule has 0 bridgehead atoms. The summed E-state index contributed by atoms with van der Waals surface area (Å²) in [6, 6.07) is 28.0. The summed E-state index contributed by atoms with van der Waals surface area (Å²) in [6.45, 7) is 0.423. The van der Waals surface area contributed by atoms with E-state index in [1.807, 2.05) is 42.5 Å². The van der Waals surface area contributed by atoms with Crippen molar-refractivity contribution in [2.75, 3.05) is 0 Å². The number of nitrogens with zero attached hydrogens (tertiary/aromatic N) is 2. The topological polar surface area (TPSA) is 76.2 Å². The standard InChI is InChI=1S/C26H17BrN2O3/c27-25-14-18(13-22(16-28)20-7-4-9-23(15-20)29(30)31)11-12-26(25)32-17-21-8-3-6-19-5-1-2-10-24(19)21/h1-15H,17H2/b22-13-. The van der Waals surface area contributed by atoms with Gasteiger partial charge >= 0.3 is 0 Å². The predicted molar refractivity (Wildman–Crippen MR) is 129 cm³/mol. The van der Waals surface area contributed by atoms with Crippen molar-refractivity contribution in [2.24, 2.45) is 0 Å². The number of hydrogen-bond acceptors (Lipinski definition) is 4. The van der Waals surface area contributed by atoms with Gasteiger partial charge in [-0.25, -0.2) is 0 Å². The van der Waals surface area contributed by atoms with Crippen molar-refractivity contribution in [2.45, 2.75) is 6.61 Å². The minimum atomic E-state index is -0.475. The van der Waals surface area contributed by atoms with Gasteiger partial charge in [0.05, 0.1) is 21.0 Å². The fourth-order valence-corrected chi connectivity index (χ4v) is 3.94. The van der Waals surface area contributed by atoms with Crippen LogP contribution in [-0.2, 0) is 6.61 Å². The molecule has 6 heteroatoms. The highest BCUT2D eigenvalue weighted by molar-refractivity contribution is 9.10. The van der Waals surface area contributed by atoms with Crippen LogP contribution in [0.3, 0.4) is 0 Å². The third kappa shape index (κ3) is 4.69. The molecule has 4 aromatic carbocycles. The molecule has 5 nitrogen and oxygen atoms in total. The maximum atomic E-state index is 11.0. The van der Waals surface area contributed by atoms with Crippen molar-refractivity contribution in [3.8, 4) is 11.8 Å². The lowest BCUT2D eigenvalue weighted by Crippen LogP contribution is -1.97. The fourth-order valence-electron chi connectivity index (χ4n) is 3.43. The van der Waals surface area contributed by atoms with Crippen molar-refractivity contribution >= 4 is 44.0 Å². The summed E-state index contributed by atoms with van der Waals surface area (Å²) >= 11 is 3.54. The van der Waals surface area contributed by atoms with Crippen LogP contribution >= 0.6 is 15.9 Å². The van der Waals surface area contributed by atoms with Crippen molar-refractivity contribution in [3.63, 3.8) is 0 Å². The SMILES string of the molecule is N#C/C(=C/c1ccc(OCc2cccc3ccccc23)c(Br)c1)c1cccc([N+](=O)[O-])c1. The van der Waals surface area contributed by atoms with Crippen LogP contribution in [0.2, 0.25) is 0 Å². The van der Waals surface area contributed by atoms with Crippen LogP contribution in [0.4, 0.5) is 5.69 Å². The number of hydrogen-bond donors (Lipinski definition) is 0. The zero-order valence-corrected chi connectivity index (χ0v) is 18.5. The van der Waals surface area contributed by atoms with Gasteiger partial charge in [-0.2, -0.15) is 5.26 Å². The lowest BCUT2D eigenvalue weighted by molar-refractivity contribution is -0.384. The van der Waals surface area contributed by atoms with Crippen LogP contribution in [0, 0.1) is 21.4 Å². The molecule has 0 spiro atoms. The van der Waals surface area contributed by atoms with E-state index in [2.05, 4.69) is 40.2 Å². The summed E-state index contributed by atoms with van der Waals surface area (Å²) in [5.74, 6) is 0.684. The van der Waals surface area contributed by atoms with Gasteiger partial charge in [-0.05, 0) is 61.6 Å². The highest BCUT2D eigenvalue weighted by atomic mass is 79.9. The third-order valence-electron chi connectivity index (χ3n) is 5.02. The van der Waals surface area contributed by atoms with Crippen molar-refractivity contribution < 1.29 is 9.66 Å². The zero-order valence-electron chi connectivity index (χ0n) is 16.9. The van der Waals surface area contributed by atoms with Crippen LogP contribution in [0.25, 0.3) is 22.4 Å².